The van der Waals surface area contributed by atoms with E-state index in [9.17, 15) is 9.59 Å². The van der Waals surface area contributed by atoms with Gasteiger partial charge >= 0.3 is 5.97 Å². The first-order valence-electron chi connectivity index (χ1n) is 12.7. The van der Waals surface area contributed by atoms with E-state index in [0.717, 1.165) is 16.7 Å². The highest BCUT2D eigenvalue weighted by atomic mass is 35.5. The molecule has 0 unspecified atom stereocenters. The Kier molecular flexibility index (Phi) is 8.26. The molecule has 1 aliphatic heterocycles. The number of halogens is 2. The van der Waals surface area contributed by atoms with Crippen LogP contribution < -0.4 is 19.6 Å². The number of fused-ring (bicyclic) bond motifs is 1. The Hall–Kier alpha value is -3.65. The molecule has 6 nitrogen and oxygen atoms in total. The molecule has 0 fully saturated rings. The molecule has 204 valence electrons. The van der Waals surface area contributed by atoms with Crippen LogP contribution in [0.4, 0.5) is 0 Å². The zero-order valence-electron chi connectivity index (χ0n) is 22.1. The molecule has 0 bridgehead atoms. The molecule has 0 radical (unpaired) electrons. The van der Waals surface area contributed by atoms with Crippen molar-refractivity contribution in [1.82, 2.24) is 4.57 Å². The number of rotatable bonds is 7. The van der Waals surface area contributed by atoms with Gasteiger partial charge < -0.3 is 9.47 Å². The number of ether oxygens (including phenoxy) is 2. The smallest absolute Gasteiger partial charge is 0.338 e. The van der Waals surface area contributed by atoms with Gasteiger partial charge in [-0.3, -0.25) is 9.36 Å². The second-order valence-electron chi connectivity index (χ2n) is 9.30. The molecule has 2 heterocycles. The first kappa shape index (κ1) is 27.9. The summed E-state index contributed by atoms with van der Waals surface area (Å²) in [6, 6.07) is 20.2. The molecule has 3 aromatic carbocycles. The Labute approximate surface area is 245 Å². The minimum Gasteiger partial charge on any atom is -0.486 e. The summed E-state index contributed by atoms with van der Waals surface area (Å²) in [5.74, 6) is -0.117. The second-order valence-corrected chi connectivity index (χ2v) is 11.1. The van der Waals surface area contributed by atoms with E-state index in [1.165, 1.54) is 11.3 Å². The van der Waals surface area contributed by atoms with Gasteiger partial charge in [0.05, 0.1) is 38.5 Å². The molecule has 0 amide bonds. The van der Waals surface area contributed by atoms with Crippen LogP contribution in [0.15, 0.2) is 87.8 Å². The van der Waals surface area contributed by atoms with Crippen molar-refractivity contribution < 1.29 is 14.3 Å². The summed E-state index contributed by atoms with van der Waals surface area (Å²) in [5.41, 5.74) is 4.07. The van der Waals surface area contributed by atoms with Gasteiger partial charge in [0.25, 0.3) is 5.56 Å². The fraction of sp³-hybridized carbons (Fsp3) is 0.194. The Bertz CT molecular complexity index is 1770. The average Bonchev–Trinajstić information content (AvgIpc) is 3.22. The van der Waals surface area contributed by atoms with E-state index in [-0.39, 0.29) is 12.2 Å². The molecule has 1 aromatic heterocycles. The molecule has 1 aliphatic rings. The Morgan fingerprint density at radius 3 is 2.38 bits per heavy atom. The van der Waals surface area contributed by atoms with Crippen LogP contribution in [0.5, 0.6) is 5.75 Å². The third kappa shape index (κ3) is 5.63. The third-order valence-electron chi connectivity index (χ3n) is 6.45. The molecular weight excluding hydrogens is 567 g/mol. The first-order chi connectivity index (χ1) is 19.3. The van der Waals surface area contributed by atoms with Gasteiger partial charge in [0.2, 0.25) is 0 Å². The van der Waals surface area contributed by atoms with Crippen LogP contribution in [0.3, 0.4) is 0 Å². The van der Waals surface area contributed by atoms with Crippen molar-refractivity contribution in [2.75, 3.05) is 6.61 Å². The minimum atomic E-state index is -0.668. The number of hydrogen-bond acceptors (Lipinski definition) is 6. The highest BCUT2D eigenvalue weighted by Gasteiger charge is 2.33. The van der Waals surface area contributed by atoms with E-state index in [4.69, 9.17) is 32.7 Å². The standard InChI is InChI=1S/C31H26Cl2N2O4S/c1-4-38-30(37)26-19(3)34-31-35(27(26)22-12-10-18(2)11-13-22)29(36)25(40-31)16-21-14-23(32)28(24(33)15-21)39-17-20-8-6-5-7-9-20/h5-16,27H,4,17H2,1-3H3/b25-16+/t27-/m1/s1. The van der Waals surface area contributed by atoms with Gasteiger partial charge in [-0.15, -0.1) is 0 Å². The minimum absolute atomic E-state index is 0.216. The Morgan fingerprint density at radius 2 is 1.73 bits per heavy atom. The summed E-state index contributed by atoms with van der Waals surface area (Å²) in [4.78, 5) is 32.0. The van der Waals surface area contributed by atoms with Crippen molar-refractivity contribution in [3.63, 3.8) is 0 Å². The van der Waals surface area contributed by atoms with Crippen molar-refractivity contribution in [3.05, 3.63) is 130 Å². The summed E-state index contributed by atoms with van der Waals surface area (Å²) < 4.78 is 13.2. The van der Waals surface area contributed by atoms with E-state index in [2.05, 4.69) is 4.99 Å². The maximum atomic E-state index is 13.8. The highest BCUT2D eigenvalue weighted by molar-refractivity contribution is 7.07. The van der Waals surface area contributed by atoms with E-state index >= 15 is 0 Å². The van der Waals surface area contributed by atoms with Crippen LogP contribution >= 0.6 is 34.5 Å². The molecule has 0 saturated carbocycles. The molecule has 1 atom stereocenters. The lowest BCUT2D eigenvalue weighted by Gasteiger charge is -2.24. The fourth-order valence-corrected chi connectivity index (χ4v) is 6.20. The number of carbonyl (C=O) groups excluding carboxylic acids is 1. The topological polar surface area (TPSA) is 69.9 Å². The van der Waals surface area contributed by atoms with Crippen LogP contribution in [-0.4, -0.2) is 17.1 Å². The van der Waals surface area contributed by atoms with E-state index in [1.54, 1.807) is 36.6 Å². The van der Waals surface area contributed by atoms with Gasteiger partial charge in [0.1, 0.15) is 6.61 Å². The molecule has 40 heavy (non-hydrogen) atoms. The van der Waals surface area contributed by atoms with Crippen LogP contribution in [-0.2, 0) is 16.1 Å². The number of esters is 1. The molecule has 0 aliphatic carbocycles. The monoisotopic (exact) mass is 592 g/mol. The zero-order valence-corrected chi connectivity index (χ0v) is 24.4. The molecule has 0 saturated heterocycles. The molecule has 0 spiro atoms. The molecule has 9 heteroatoms. The van der Waals surface area contributed by atoms with Crippen molar-refractivity contribution in [3.8, 4) is 5.75 Å². The van der Waals surface area contributed by atoms with E-state index in [0.29, 0.717) is 48.6 Å². The van der Waals surface area contributed by atoms with Gasteiger partial charge in [-0.05, 0) is 55.7 Å². The Morgan fingerprint density at radius 1 is 1.05 bits per heavy atom. The molecule has 4 aromatic rings. The number of allylic oxidation sites excluding steroid dienone is 1. The summed E-state index contributed by atoms with van der Waals surface area (Å²) >= 11 is 14.3. The number of carbonyl (C=O) groups is 1. The number of aromatic nitrogens is 1. The van der Waals surface area contributed by atoms with Crippen molar-refractivity contribution in [1.29, 1.82) is 0 Å². The molecule has 5 rings (SSSR count). The van der Waals surface area contributed by atoms with Crippen molar-refractivity contribution in [2.45, 2.75) is 33.4 Å². The van der Waals surface area contributed by atoms with Gasteiger partial charge in [0, 0.05) is 0 Å². The Balaban J connectivity index is 1.56. The summed E-state index contributed by atoms with van der Waals surface area (Å²) in [7, 11) is 0. The van der Waals surface area contributed by atoms with Crippen molar-refractivity contribution >= 4 is 46.6 Å². The maximum Gasteiger partial charge on any atom is 0.338 e. The highest BCUT2D eigenvalue weighted by Crippen LogP contribution is 2.35. The number of hydrogen-bond donors (Lipinski definition) is 0. The van der Waals surface area contributed by atoms with E-state index in [1.807, 2.05) is 61.5 Å². The summed E-state index contributed by atoms with van der Waals surface area (Å²) in [6.45, 7) is 6.03. The van der Waals surface area contributed by atoms with Crippen LogP contribution in [0, 0.1) is 6.92 Å². The van der Waals surface area contributed by atoms with Gasteiger partial charge in [0.15, 0.2) is 10.6 Å². The molecule has 0 N–H and O–H groups in total. The fourth-order valence-electron chi connectivity index (χ4n) is 4.54. The quantitative estimate of drug-likeness (QED) is 0.247. The van der Waals surface area contributed by atoms with Crippen molar-refractivity contribution in [2.24, 2.45) is 4.99 Å². The predicted molar refractivity (Wildman–Crippen MR) is 159 cm³/mol. The third-order valence-corrected chi connectivity index (χ3v) is 8.00. The summed E-state index contributed by atoms with van der Waals surface area (Å²) in [5, 5.41) is 0.667. The number of benzene rings is 3. The largest absolute Gasteiger partial charge is 0.486 e. The summed E-state index contributed by atoms with van der Waals surface area (Å²) in [6.07, 6.45) is 1.72. The van der Waals surface area contributed by atoms with Crippen LogP contribution in [0.2, 0.25) is 10.0 Å². The SMILES string of the molecule is CCOC(=O)C1=C(C)N=c2s/c(=C/c3cc(Cl)c(OCc4ccccc4)c(Cl)c3)c(=O)n2[C@@H]1c1ccc(C)cc1. The average molecular weight is 594 g/mol. The lowest BCUT2D eigenvalue weighted by Crippen LogP contribution is -2.39. The lowest BCUT2D eigenvalue weighted by molar-refractivity contribution is -0.139. The normalized spacial score (nSPS) is 15.0. The lowest BCUT2D eigenvalue weighted by atomic mass is 9.95. The van der Waals surface area contributed by atoms with Gasteiger partial charge in [-0.25, -0.2) is 9.79 Å². The molecular formula is C31H26Cl2N2O4S. The van der Waals surface area contributed by atoms with Crippen LogP contribution in [0.1, 0.15) is 42.1 Å². The zero-order chi connectivity index (χ0) is 28.4. The first-order valence-corrected chi connectivity index (χ1v) is 14.3. The second kappa shape index (κ2) is 11.8. The van der Waals surface area contributed by atoms with Gasteiger partial charge in [-0.2, -0.15) is 0 Å². The van der Waals surface area contributed by atoms with Gasteiger partial charge in [-0.1, -0.05) is 94.7 Å². The number of thiazole rings is 1. The number of nitrogens with zero attached hydrogens (tertiary/aromatic N) is 2. The van der Waals surface area contributed by atoms with E-state index < -0.39 is 12.0 Å². The maximum absolute atomic E-state index is 13.8. The van der Waals surface area contributed by atoms with Crippen LogP contribution in [0.25, 0.3) is 6.08 Å². The predicted octanol–water partition coefficient (Wildman–Crippen LogP) is 5.99. The number of aryl methyl sites for hydroxylation is 1.